The Hall–Kier alpha value is -1.78. The van der Waals surface area contributed by atoms with Gasteiger partial charge in [-0.2, -0.15) is 0 Å². The summed E-state index contributed by atoms with van der Waals surface area (Å²) in [5, 5.41) is 15.4. The summed E-state index contributed by atoms with van der Waals surface area (Å²) in [6.07, 6.45) is 0. The van der Waals surface area contributed by atoms with Crippen LogP contribution in [-0.2, 0) is 0 Å². The highest BCUT2D eigenvalue weighted by molar-refractivity contribution is 6.35. The first-order chi connectivity index (χ1) is 9.90. The Bertz CT molecular complexity index is 689. The van der Waals surface area contributed by atoms with E-state index in [-0.39, 0.29) is 11.7 Å². The van der Waals surface area contributed by atoms with E-state index in [4.69, 9.17) is 23.2 Å². The second kappa shape index (κ2) is 6.33. The van der Waals surface area contributed by atoms with Crippen LogP contribution in [0.4, 0.5) is 11.4 Å². The van der Waals surface area contributed by atoms with Gasteiger partial charge < -0.3 is 5.32 Å². The first-order valence-electron chi connectivity index (χ1n) is 6.35. The predicted octanol–water partition coefficient (Wildman–Crippen LogP) is 5.38. The smallest absolute Gasteiger partial charge is 0.274 e. The molecule has 0 saturated carbocycles. The molecule has 0 aliphatic rings. The molecular weight excluding hydrogens is 311 g/mol. The van der Waals surface area contributed by atoms with Crippen LogP contribution in [0.5, 0.6) is 0 Å². The van der Waals surface area contributed by atoms with Crippen molar-refractivity contribution in [2.24, 2.45) is 0 Å². The number of hydrogen-bond acceptors (Lipinski definition) is 3. The lowest BCUT2D eigenvalue weighted by Crippen LogP contribution is -2.09. The van der Waals surface area contributed by atoms with Crippen molar-refractivity contribution < 1.29 is 4.92 Å². The van der Waals surface area contributed by atoms with Gasteiger partial charge in [0, 0.05) is 11.1 Å². The third-order valence-electron chi connectivity index (χ3n) is 3.22. The molecule has 4 nitrogen and oxygen atoms in total. The summed E-state index contributed by atoms with van der Waals surface area (Å²) in [4.78, 5) is 10.7. The van der Waals surface area contributed by atoms with Gasteiger partial charge in [0.1, 0.15) is 0 Å². The summed E-state index contributed by atoms with van der Waals surface area (Å²) in [6.45, 7) is 3.70. The standard InChI is InChI=1S/C15H14Cl2N2O2/c1-9-7-13(17)14(8-12(9)16)18-10(2)11-5-3-4-6-15(11)19(20)21/h3-8,10,18H,1-2H3. The molecule has 1 unspecified atom stereocenters. The van der Waals surface area contributed by atoms with E-state index >= 15 is 0 Å². The van der Waals surface area contributed by atoms with E-state index in [1.807, 2.05) is 13.8 Å². The molecule has 0 bridgehead atoms. The van der Waals surface area contributed by atoms with E-state index in [1.165, 1.54) is 6.07 Å². The second-order valence-corrected chi connectivity index (χ2v) is 5.58. The third kappa shape index (κ3) is 3.46. The van der Waals surface area contributed by atoms with Crippen LogP contribution >= 0.6 is 23.2 Å². The lowest BCUT2D eigenvalue weighted by atomic mass is 10.1. The molecule has 0 radical (unpaired) electrons. The molecule has 0 heterocycles. The van der Waals surface area contributed by atoms with Gasteiger partial charge in [0.2, 0.25) is 0 Å². The maximum atomic E-state index is 11.1. The van der Waals surface area contributed by atoms with Gasteiger partial charge in [-0.3, -0.25) is 10.1 Å². The molecule has 2 aromatic carbocycles. The first-order valence-corrected chi connectivity index (χ1v) is 7.11. The van der Waals surface area contributed by atoms with Gasteiger partial charge in [-0.15, -0.1) is 0 Å². The minimum absolute atomic E-state index is 0.0758. The van der Waals surface area contributed by atoms with Crippen LogP contribution in [-0.4, -0.2) is 4.92 Å². The number of benzene rings is 2. The van der Waals surface area contributed by atoms with Crippen LogP contribution in [0.1, 0.15) is 24.1 Å². The van der Waals surface area contributed by atoms with Gasteiger partial charge in [-0.1, -0.05) is 41.4 Å². The molecule has 0 aliphatic carbocycles. The fourth-order valence-electron chi connectivity index (χ4n) is 2.09. The van der Waals surface area contributed by atoms with E-state index in [0.717, 1.165) is 5.56 Å². The van der Waals surface area contributed by atoms with Crippen LogP contribution < -0.4 is 5.32 Å². The Morgan fingerprint density at radius 1 is 1.19 bits per heavy atom. The van der Waals surface area contributed by atoms with Crippen molar-refractivity contribution in [2.45, 2.75) is 19.9 Å². The fraction of sp³-hybridized carbons (Fsp3) is 0.200. The number of rotatable bonds is 4. The number of halogens is 2. The molecule has 0 spiro atoms. The zero-order chi connectivity index (χ0) is 15.6. The van der Waals surface area contributed by atoms with Crippen LogP contribution in [0, 0.1) is 17.0 Å². The average molecular weight is 325 g/mol. The highest BCUT2D eigenvalue weighted by Gasteiger charge is 2.18. The van der Waals surface area contributed by atoms with Crippen molar-refractivity contribution >= 4 is 34.6 Å². The normalized spacial score (nSPS) is 12.0. The van der Waals surface area contributed by atoms with Crippen molar-refractivity contribution in [2.75, 3.05) is 5.32 Å². The van der Waals surface area contributed by atoms with Crippen LogP contribution in [0.15, 0.2) is 36.4 Å². The lowest BCUT2D eigenvalue weighted by molar-refractivity contribution is -0.385. The summed E-state index contributed by atoms with van der Waals surface area (Å²) in [7, 11) is 0. The molecule has 2 aromatic rings. The summed E-state index contributed by atoms with van der Waals surface area (Å²) >= 11 is 12.3. The molecule has 1 atom stereocenters. The SMILES string of the molecule is Cc1cc(Cl)c(NC(C)c2ccccc2[N+](=O)[O-])cc1Cl. The van der Waals surface area contributed by atoms with Gasteiger partial charge in [0.25, 0.3) is 5.69 Å². The van der Waals surface area contributed by atoms with Crippen molar-refractivity contribution in [1.29, 1.82) is 0 Å². The van der Waals surface area contributed by atoms with Gasteiger partial charge in [-0.25, -0.2) is 0 Å². The Morgan fingerprint density at radius 3 is 2.52 bits per heavy atom. The minimum Gasteiger partial charge on any atom is -0.377 e. The maximum absolute atomic E-state index is 11.1. The lowest BCUT2D eigenvalue weighted by Gasteiger charge is -2.17. The van der Waals surface area contributed by atoms with Crippen molar-refractivity contribution in [1.82, 2.24) is 0 Å². The molecule has 0 aromatic heterocycles. The van der Waals surface area contributed by atoms with Crippen LogP contribution in [0.25, 0.3) is 0 Å². The predicted molar refractivity (Wildman–Crippen MR) is 86.3 cm³/mol. The molecule has 1 N–H and O–H groups in total. The van der Waals surface area contributed by atoms with Gasteiger partial charge in [0.05, 0.1) is 27.2 Å². The summed E-state index contributed by atoms with van der Waals surface area (Å²) in [6, 6.07) is 9.83. The molecule has 6 heteroatoms. The molecule has 0 aliphatic heterocycles. The Kier molecular flexibility index (Phi) is 4.70. The van der Waals surface area contributed by atoms with Gasteiger partial charge in [-0.05, 0) is 31.5 Å². The molecule has 2 rings (SSSR count). The van der Waals surface area contributed by atoms with Gasteiger partial charge in [0.15, 0.2) is 0 Å². The molecule has 0 saturated heterocycles. The van der Waals surface area contributed by atoms with E-state index in [1.54, 1.807) is 30.3 Å². The maximum Gasteiger partial charge on any atom is 0.274 e. The summed E-state index contributed by atoms with van der Waals surface area (Å²) < 4.78 is 0. The van der Waals surface area contributed by atoms with E-state index in [0.29, 0.717) is 21.3 Å². The molecule has 0 fully saturated rings. The molecule has 110 valence electrons. The number of nitro groups is 1. The number of hydrogen-bond donors (Lipinski definition) is 1. The number of nitro benzene ring substituents is 1. The first kappa shape index (κ1) is 15.6. The Morgan fingerprint density at radius 2 is 1.86 bits per heavy atom. The zero-order valence-corrected chi connectivity index (χ0v) is 13.1. The molecular formula is C15H14Cl2N2O2. The topological polar surface area (TPSA) is 55.2 Å². The van der Waals surface area contributed by atoms with Gasteiger partial charge >= 0.3 is 0 Å². The van der Waals surface area contributed by atoms with Crippen molar-refractivity contribution in [3.05, 3.63) is 67.7 Å². The summed E-state index contributed by atoms with van der Waals surface area (Å²) in [5.41, 5.74) is 2.20. The third-order valence-corrected chi connectivity index (χ3v) is 3.94. The number of nitrogens with zero attached hydrogens (tertiary/aromatic N) is 1. The number of nitrogens with one attached hydrogen (secondary N) is 1. The summed E-state index contributed by atoms with van der Waals surface area (Å²) in [5.74, 6) is 0. The second-order valence-electron chi connectivity index (χ2n) is 4.76. The Balaban J connectivity index is 2.33. The number of para-hydroxylation sites is 1. The molecule has 21 heavy (non-hydrogen) atoms. The van der Waals surface area contributed by atoms with E-state index < -0.39 is 4.92 Å². The minimum atomic E-state index is -0.392. The van der Waals surface area contributed by atoms with Crippen molar-refractivity contribution in [3.8, 4) is 0 Å². The van der Waals surface area contributed by atoms with Crippen molar-refractivity contribution in [3.63, 3.8) is 0 Å². The number of anilines is 1. The quantitative estimate of drug-likeness (QED) is 0.606. The average Bonchev–Trinajstić information content (AvgIpc) is 2.44. The number of aryl methyl sites for hydroxylation is 1. The largest absolute Gasteiger partial charge is 0.377 e. The van der Waals surface area contributed by atoms with Crippen LogP contribution in [0.2, 0.25) is 10.0 Å². The highest BCUT2D eigenvalue weighted by atomic mass is 35.5. The van der Waals surface area contributed by atoms with Crippen LogP contribution in [0.3, 0.4) is 0 Å². The van der Waals surface area contributed by atoms with E-state index in [2.05, 4.69) is 5.32 Å². The highest BCUT2D eigenvalue weighted by Crippen LogP contribution is 2.33. The zero-order valence-electron chi connectivity index (χ0n) is 11.6. The monoisotopic (exact) mass is 324 g/mol. The van der Waals surface area contributed by atoms with E-state index in [9.17, 15) is 10.1 Å². The Labute approximate surface area is 132 Å². The fourth-order valence-corrected chi connectivity index (χ4v) is 2.52. The molecule has 0 amide bonds.